The number of benzene rings is 1. The minimum absolute atomic E-state index is 0.299. The molecule has 0 radical (unpaired) electrons. The highest BCUT2D eigenvalue weighted by molar-refractivity contribution is 5.76. The van der Waals surface area contributed by atoms with E-state index in [0.29, 0.717) is 12.0 Å². The second-order valence-corrected chi connectivity index (χ2v) is 10.5. The molecular formula is C29H38N4O. The summed E-state index contributed by atoms with van der Waals surface area (Å²) >= 11 is 0. The summed E-state index contributed by atoms with van der Waals surface area (Å²) in [6.45, 7) is 6.77. The highest BCUT2D eigenvalue weighted by Crippen LogP contribution is 2.42. The summed E-state index contributed by atoms with van der Waals surface area (Å²) in [5, 5.41) is 0. The number of aromatic nitrogens is 2. The molecular weight excluding hydrogens is 420 g/mol. The molecule has 1 aromatic carbocycles. The normalized spacial score (nSPS) is 25.9. The fourth-order valence-corrected chi connectivity index (χ4v) is 6.52. The monoisotopic (exact) mass is 458 g/mol. The van der Waals surface area contributed by atoms with Gasteiger partial charge < -0.3 is 14.2 Å². The molecule has 0 amide bonds. The Morgan fingerprint density at radius 2 is 1.91 bits per heavy atom. The van der Waals surface area contributed by atoms with Crippen molar-refractivity contribution in [1.29, 1.82) is 0 Å². The number of hydrogen-bond acceptors (Lipinski definition) is 4. The van der Waals surface area contributed by atoms with Crippen molar-refractivity contribution in [3.63, 3.8) is 0 Å². The van der Waals surface area contributed by atoms with E-state index in [2.05, 4.69) is 63.9 Å². The average molecular weight is 459 g/mol. The zero-order valence-corrected chi connectivity index (χ0v) is 20.6. The number of hydrogen-bond donors (Lipinski definition) is 0. The summed E-state index contributed by atoms with van der Waals surface area (Å²) < 4.78 is 8.68. The molecule has 0 N–H and O–H groups in total. The van der Waals surface area contributed by atoms with E-state index in [9.17, 15) is 0 Å². The molecule has 180 valence electrons. The third-order valence-corrected chi connectivity index (χ3v) is 8.27. The molecule has 2 aromatic rings. The Morgan fingerprint density at radius 3 is 2.79 bits per heavy atom. The number of allylic oxidation sites excluding steroid dienone is 2. The van der Waals surface area contributed by atoms with Crippen molar-refractivity contribution >= 4 is 11.0 Å². The molecule has 4 aliphatic rings. The van der Waals surface area contributed by atoms with E-state index in [4.69, 9.17) is 9.72 Å². The maximum Gasteiger partial charge on any atom is 0.118 e. The van der Waals surface area contributed by atoms with E-state index < -0.39 is 0 Å². The molecule has 2 saturated heterocycles. The molecule has 1 aliphatic carbocycles. The smallest absolute Gasteiger partial charge is 0.118 e. The highest BCUT2D eigenvalue weighted by Gasteiger charge is 2.39. The first-order valence-corrected chi connectivity index (χ1v) is 13.4. The van der Waals surface area contributed by atoms with Crippen molar-refractivity contribution in [2.24, 2.45) is 7.05 Å². The second-order valence-electron chi connectivity index (χ2n) is 10.5. The summed E-state index contributed by atoms with van der Waals surface area (Å²) in [6, 6.07) is 9.04. The average Bonchev–Trinajstić information content (AvgIpc) is 3.40. The number of rotatable bonds is 6. The van der Waals surface area contributed by atoms with Crippen LogP contribution in [0.2, 0.25) is 0 Å². The van der Waals surface area contributed by atoms with Gasteiger partial charge in [0.05, 0.1) is 23.6 Å². The number of likely N-dealkylation sites (tertiary alicyclic amines) is 1. The van der Waals surface area contributed by atoms with E-state index >= 15 is 0 Å². The Kier molecular flexibility index (Phi) is 6.32. The fraction of sp³-hybridized carbons (Fsp3) is 0.552. The quantitative estimate of drug-likeness (QED) is 0.560. The lowest BCUT2D eigenvalue weighted by molar-refractivity contribution is 0.167. The zero-order valence-electron chi connectivity index (χ0n) is 20.6. The van der Waals surface area contributed by atoms with Gasteiger partial charge in [-0.05, 0) is 81.1 Å². The van der Waals surface area contributed by atoms with Gasteiger partial charge in [-0.2, -0.15) is 0 Å². The summed E-state index contributed by atoms with van der Waals surface area (Å²) in [5.74, 6) is 2.62. The SMILES string of the molecule is Cn1c(C2CN3CCC[C@H]3C3=C2C=CCC(OCCCN2CCCCC2)=C3)nc2ccccc21. The Hall–Kier alpha value is -2.37. The van der Waals surface area contributed by atoms with Crippen LogP contribution in [0.15, 0.2) is 59.4 Å². The van der Waals surface area contributed by atoms with Gasteiger partial charge in [-0.1, -0.05) is 30.7 Å². The van der Waals surface area contributed by atoms with Gasteiger partial charge in [0, 0.05) is 32.6 Å². The number of ether oxygens (including phenoxy) is 1. The van der Waals surface area contributed by atoms with E-state index in [1.54, 1.807) is 0 Å². The van der Waals surface area contributed by atoms with Gasteiger partial charge in [0.2, 0.25) is 0 Å². The van der Waals surface area contributed by atoms with Crippen molar-refractivity contribution in [2.75, 3.05) is 39.3 Å². The molecule has 0 saturated carbocycles. The number of aryl methyl sites for hydroxylation is 1. The van der Waals surface area contributed by atoms with Crippen LogP contribution < -0.4 is 0 Å². The molecule has 1 aromatic heterocycles. The van der Waals surface area contributed by atoms with Crippen molar-refractivity contribution < 1.29 is 4.74 Å². The number of fused-ring (bicyclic) bond motifs is 3. The van der Waals surface area contributed by atoms with Gasteiger partial charge in [-0.25, -0.2) is 4.98 Å². The van der Waals surface area contributed by atoms with E-state index in [1.165, 1.54) is 80.8 Å². The van der Waals surface area contributed by atoms with Crippen LogP contribution in [-0.4, -0.2) is 64.7 Å². The number of nitrogens with zero attached hydrogens (tertiary/aromatic N) is 4. The first-order chi connectivity index (χ1) is 16.8. The lowest BCUT2D eigenvalue weighted by Crippen LogP contribution is -2.40. The Bertz CT molecular complexity index is 1120. The summed E-state index contributed by atoms with van der Waals surface area (Å²) in [4.78, 5) is 10.4. The first kappa shape index (κ1) is 22.1. The van der Waals surface area contributed by atoms with Gasteiger partial charge in [0.1, 0.15) is 11.6 Å². The van der Waals surface area contributed by atoms with Crippen LogP contribution in [0.4, 0.5) is 0 Å². The molecule has 2 atom stereocenters. The number of imidazole rings is 1. The minimum Gasteiger partial charge on any atom is -0.498 e. The van der Waals surface area contributed by atoms with Crippen molar-refractivity contribution in [3.05, 3.63) is 65.2 Å². The lowest BCUT2D eigenvalue weighted by Gasteiger charge is -2.37. The Morgan fingerprint density at radius 1 is 1.03 bits per heavy atom. The maximum absolute atomic E-state index is 6.37. The summed E-state index contributed by atoms with van der Waals surface area (Å²) in [5.41, 5.74) is 5.24. The van der Waals surface area contributed by atoms with Gasteiger partial charge in [-0.15, -0.1) is 0 Å². The minimum atomic E-state index is 0.299. The van der Waals surface area contributed by atoms with Crippen LogP contribution in [-0.2, 0) is 11.8 Å². The lowest BCUT2D eigenvalue weighted by atomic mass is 9.84. The molecule has 5 heteroatoms. The molecule has 0 spiro atoms. The second kappa shape index (κ2) is 9.71. The Labute approximate surface area is 203 Å². The topological polar surface area (TPSA) is 33.5 Å². The predicted octanol–water partition coefficient (Wildman–Crippen LogP) is 5.17. The largest absolute Gasteiger partial charge is 0.498 e. The van der Waals surface area contributed by atoms with Crippen LogP contribution >= 0.6 is 0 Å². The van der Waals surface area contributed by atoms with Crippen molar-refractivity contribution in [1.82, 2.24) is 19.4 Å². The maximum atomic E-state index is 6.37. The summed E-state index contributed by atoms with van der Waals surface area (Å²) in [6.07, 6.45) is 15.8. The number of piperidine rings is 1. The molecule has 4 heterocycles. The molecule has 34 heavy (non-hydrogen) atoms. The van der Waals surface area contributed by atoms with Crippen molar-refractivity contribution in [3.8, 4) is 0 Å². The molecule has 1 unspecified atom stereocenters. The molecule has 2 fully saturated rings. The van der Waals surface area contributed by atoms with Crippen molar-refractivity contribution in [2.45, 2.75) is 56.9 Å². The van der Waals surface area contributed by atoms with E-state index in [1.807, 2.05) is 0 Å². The molecule has 5 nitrogen and oxygen atoms in total. The Balaban J connectivity index is 1.25. The fourth-order valence-electron chi connectivity index (χ4n) is 6.52. The van der Waals surface area contributed by atoms with Crippen LogP contribution in [0.25, 0.3) is 11.0 Å². The molecule has 3 aliphatic heterocycles. The molecule has 0 bridgehead atoms. The standard InChI is InChI=1S/C29H38N4O/c1-31-28-13-4-3-12-26(28)30-29(31)25-21-33-18-8-14-27(33)24-20-22(10-7-11-23(24)25)34-19-9-17-32-15-5-2-6-16-32/h3-4,7,11-13,20,25,27H,2,5-6,8-10,14-19,21H2,1H3/t25?,27-/m0/s1. The van der Waals surface area contributed by atoms with Crippen LogP contribution in [0.5, 0.6) is 0 Å². The van der Waals surface area contributed by atoms with Crippen LogP contribution in [0.1, 0.15) is 56.7 Å². The van der Waals surface area contributed by atoms with Gasteiger partial charge in [0.15, 0.2) is 0 Å². The third-order valence-electron chi connectivity index (χ3n) is 8.27. The van der Waals surface area contributed by atoms with E-state index in [-0.39, 0.29) is 0 Å². The van der Waals surface area contributed by atoms with Gasteiger partial charge in [-0.3, -0.25) is 4.90 Å². The first-order valence-electron chi connectivity index (χ1n) is 13.4. The third kappa shape index (κ3) is 4.25. The number of para-hydroxylation sites is 2. The van der Waals surface area contributed by atoms with Gasteiger partial charge in [0.25, 0.3) is 0 Å². The van der Waals surface area contributed by atoms with Gasteiger partial charge >= 0.3 is 0 Å². The highest BCUT2D eigenvalue weighted by atomic mass is 16.5. The van der Waals surface area contributed by atoms with Crippen LogP contribution in [0, 0.1) is 0 Å². The zero-order chi connectivity index (χ0) is 22.9. The van der Waals surface area contributed by atoms with E-state index in [0.717, 1.165) is 37.3 Å². The predicted molar refractivity (Wildman–Crippen MR) is 138 cm³/mol. The molecule has 6 rings (SSSR count). The van der Waals surface area contributed by atoms with Crippen LogP contribution in [0.3, 0.4) is 0 Å². The summed E-state index contributed by atoms with van der Waals surface area (Å²) in [7, 11) is 2.17.